The molecular formula is C26H26F3N5O. The van der Waals surface area contributed by atoms with Crippen molar-refractivity contribution < 1.29 is 18.0 Å². The van der Waals surface area contributed by atoms with E-state index in [-0.39, 0.29) is 18.0 Å². The van der Waals surface area contributed by atoms with Gasteiger partial charge >= 0.3 is 6.18 Å². The van der Waals surface area contributed by atoms with Gasteiger partial charge in [0, 0.05) is 42.8 Å². The van der Waals surface area contributed by atoms with Crippen LogP contribution < -0.4 is 10.2 Å². The minimum atomic E-state index is -4.51. The maximum atomic E-state index is 13.5. The SMILES string of the molecule is CN(c1cc(C(F)(F)F)nc2ccccc12)C1CCC(NC(=O)c2ccc3ncn(C)c3c2)CC1. The molecular weight excluding hydrogens is 455 g/mol. The number of fused-ring (bicyclic) bond motifs is 2. The Kier molecular flexibility index (Phi) is 5.86. The van der Waals surface area contributed by atoms with Crippen molar-refractivity contribution in [1.29, 1.82) is 0 Å². The van der Waals surface area contributed by atoms with Crippen LogP contribution >= 0.6 is 0 Å². The van der Waals surface area contributed by atoms with Crippen molar-refractivity contribution in [2.75, 3.05) is 11.9 Å². The smallest absolute Gasteiger partial charge is 0.371 e. The molecule has 35 heavy (non-hydrogen) atoms. The molecule has 0 aliphatic heterocycles. The Morgan fingerprint density at radius 1 is 1.06 bits per heavy atom. The van der Waals surface area contributed by atoms with Crippen LogP contribution in [0, 0.1) is 0 Å². The maximum Gasteiger partial charge on any atom is 0.433 e. The number of alkyl halides is 3. The third-order valence-corrected chi connectivity index (χ3v) is 6.93. The fourth-order valence-corrected chi connectivity index (χ4v) is 4.93. The molecule has 1 saturated carbocycles. The van der Waals surface area contributed by atoms with Crippen LogP contribution in [0.25, 0.3) is 21.9 Å². The third-order valence-electron chi connectivity index (χ3n) is 6.93. The Bertz CT molecular complexity index is 1390. The number of pyridine rings is 1. The number of carbonyl (C=O) groups is 1. The summed E-state index contributed by atoms with van der Waals surface area (Å²) in [5.41, 5.74) is 2.29. The molecule has 2 aromatic carbocycles. The molecule has 0 unspecified atom stereocenters. The first-order valence-electron chi connectivity index (χ1n) is 11.6. The number of aromatic nitrogens is 3. The van der Waals surface area contributed by atoms with Crippen LogP contribution in [0.4, 0.5) is 18.9 Å². The number of nitrogens with zero attached hydrogens (tertiary/aromatic N) is 4. The molecule has 1 amide bonds. The minimum absolute atomic E-state index is 0.0225. The lowest BCUT2D eigenvalue weighted by atomic mass is 9.89. The second-order valence-electron chi connectivity index (χ2n) is 9.19. The van der Waals surface area contributed by atoms with Gasteiger partial charge in [0.15, 0.2) is 0 Å². The highest BCUT2D eigenvalue weighted by molar-refractivity contribution is 5.97. The molecule has 6 nitrogen and oxygen atoms in total. The number of halogens is 3. The number of imidazole rings is 1. The number of para-hydroxylation sites is 1. The third kappa shape index (κ3) is 4.54. The van der Waals surface area contributed by atoms with E-state index < -0.39 is 11.9 Å². The molecule has 2 heterocycles. The van der Waals surface area contributed by atoms with Crippen molar-refractivity contribution in [3.05, 3.63) is 66.1 Å². The molecule has 4 aromatic rings. The van der Waals surface area contributed by atoms with Gasteiger partial charge in [0.1, 0.15) is 5.69 Å². The first kappa shape index (κ1) is 23.1. The average molecular weight is 482 g/mol. The van der Waals surface area contributed by atoms with E-state index in [9.17, 15) is 18.0 Å². The number of nitrogens with one attached hydrogen (secondary N) is 1. The zero-order chi connectivity index (χ0) is 24.7. The number of aryl methyl sites for hydroxylation is 1. The lowest BCUT2D eigenvalue weighted by molar-refractivity contribution is -0.140. The van der Waals surface area contributed by atoms with E-state index in [2.05, 4.69) is 15.3 Å². The summed E-state index contributed by atoms with van der Waals surface area (Å²) in [6.07, 6.45) is 0.238. The van der Waals surface area contributed by atoms with Crippen molar-refractivity contribution >= 4 is 33.5 Å². The summed E-state index contributed by atoms with van der Waals surface area (Å²) in [6.45, 7) is 0. The zero-order valence-corrected chi connectivity index (χ0v) is 19.5. The summed E-state index contributed by atoms with van der Waals surface area (Å²) in [5, 5.41) is 3.82. The molecule has 182 valence electrons. The van der Waals surface area contributed by atoms with Crippen molar-refractivity contribution in [2.45, 2.75) is 43.9 Å². The molecule has 0 bridgehead atoms. The fourth-order valence-electron chi connectivity index (χ4n) is 4.93. The Morgan fingerprint density at radius 2 is 1.80 bits per heavy atom. The molecule has 1 fully saturated rings. The molecule has 2 aromatic heterocycles. The molecule has 1 aliphatic carbocycles. The number of rotatable bonds is 4. The van der Waals surface area contributed by atoms with Gasteiger partial charge in [0.05, 0.1) is 22.9 Å². The number of amides is 1. The Hall–Kier alpha value is -3.62. The maximum absolute atomic E-state index is 13.5. The predicted molar refractivity (Wildman–Crippen MR) is 129 cm³/mol. The summed E-state index contributed by atoms with van der Waals surface area (Å²) in [6, 6.07) is 13.6. The van der Waals surface area contributed by atoms with Gasteiger partial charge in [-0.05, 0) is 56.0 Å². The van der Waals surface area contributed by atoms with E-state index in [1.165, 1.54) is 0 Å². The standard InChI is InChI=1S/C26H26F3N5O/c1-33-15-30-21-12-7-16(13-23(21)33)25(35)31-17-8-10-18(11-9-17)34(2)22-14-24(26(27,28)29)32-20-6-4-3-5-19(20)22/h3-7,12-15,17-18H,8-11H2,1-2H3,(H,31,35). The molecule has 1 aliphatic rings. The van der Waals surface area contributed by atoms with Gasteiger partial charge in [-0.25, -0.2) is 9.97 Å². The number of hydrogen-bond acceptors (Lipinski definition) is 4. The quantitative estimate of drug-likeness (QED) is 0.429. The summed E-state index contributed by atoms with van der Waals surface area (Å²) in [7, 11) is 3.73. The van der Waals surface area contributed by atoms with Crippen LogP contribution in [0.2, 0.25) is 0 Å². The first-order valence-corrected chi connectivity index (χ1v) is 11.6. The largest absolute Gasteiger partial charge is 0.433 e. The minimum Gasteiger partial charge on any atom is -0.371 e. The molecule has 0 radical (unpaired) electrons. The molecule has 9 heteroatoms. The predicted octanol–water partition coefficient (Wildman–Crippen LogP) is 5.32. The summed E-state index contributed by atoms with van der Waals surface area (Å²) < 4.78 is 42.3. The van der Waals surface area contributed by atoms with Crippen molar-refractivity contribution in [3.8, 4) is 0 Å². The van der Waals surface area contributed by atoms with E-state index >= 15 is 0 Å². The van der Waals surface area contributed by atoms with Crippen molar-refractivity contribution in [1.82, 2.24) is 19.9 Å². The second-order valence-corrected chi connectivity index (χ2v) is 9.19. The lowest BCUT2D eigenvalue weighted by Gasteiger charge is -2.37. The van der Waals surface area contributed by atoms with Crippen LogP contribution in [0.15, 0.2) is 54.9 Å². The van der Waals surface area contributed by atoms with Gasteiger partial charge in [-0.1, -0.05) is 18.2 Å². The van der Waals surface area contributed by atoms with Gasteiger partial charge in [-0.3, -0.25) is 4.79 Å². The summed E-state index contributed by atoms with van der Waals surface area (Å²) in [5.74, 6) is -0.125. The monoisotopic (exact) mass is 481 g/mol. The van der Waals surface area contributed by atoms with E-state index in [1.807, 2.05) is 41.8 Å². The molecule has 0 spiro atoms. The van der Waals surface area contributed by atoms with Crippen LogP contribution in [0.1, 0.15) is 41.7 Å². The van der Waals surface area contributed by atoms with Crippen LogP contribution in [-0.2, 0) is 13.2 Å². The van der Waals surface area contributed by atoms with Crippen LogP contribution in [-0.4, -0.2) is 39.6 Å². The summed E-state index contributed by atoms with van der Waals surface area (Å²) in [4.78, 5) is 22.9. The summed E-state index contributed by atoms with van der Waals surface area (Å²) >= 11 is 0. The number of benzene rings is 2. The van der Waals surface area contributed by atoms with Crippen LogP contribution in [0.3, 0.4) is 0 Å². The van der Waals surface area contributed by atoms with Gasteiger partial charge in [-0.15, -0.1) is 0 Å². The van der Waals surface area contributed by atoms with E-state index in [0.29, 0.717) is 22.2 Å². The Balaban J connectivity index is 1.28. The van der Waals surface area contributed by atoms with E-state index in [0.717, 1.165) is 42.8 Å². The van der Waals surface area contributed by atoms with Gasteiger partial charge in [-0.2, -0.15) is 13.2 Å². The normalized spacial score (nSPS) is 18.7. The zero-order valence-electron chi connectivity index (χ0n) is 19.5. The number of hydrogen-bond donors (Lipinski definition) is 1. The number of carbonyl (C=O) groups excluding carboxylic acids is 1. The topological polar surface area (TPSA) is 63.1 Å². The van der Waals surface area contributed by atoms with Gasteiger partial charge in [0.2, 0.25) is 0 Å². The molecule has 0 atom stereocenters. The van der Waals surface area contributed by atoms with E-state index in [1.54, 1.807) is 30.6 Å². The van der Waals surface area contributed by atoms with Crippen molar-refractivity contribution in [3.63, 3.8) is 0 Å². The Labute approximate surface area is 200 Å². The Morgan fingerprint density at radius 3 is 2.54 bits per heavy atom. The van der Waals surface area contributed by atoms with Gasteiger partial charge < -0.3 is 14.8 Å². The highest BCUT2D eigenvalue weighted by Crippen LogP contribution is 2.36. The van der Waals surface area contributed by atoms with Crippen molar-refractivity contribution in [2.24, 2.45) is 7.05 Å². The highest BCUT2D eigenvalue weighted by Gasteiger charge is 2.34. The first-order chi connectivity index (χ1) is 16.7. The number of anilines is 1. The van der Waals surface area contributed by atoms with Gasteiger partial charge in [0.25, 0.3) is 5.91 Å². The molecule has 5 rings (SSSR count). The molecule has 1 N–H and O–H groups in total. The van der Waals surface area contributed by atoms with Crippen LogP contribution in [0.5, 0.6) is 0 Å². The fraction of sp³-hybridized carbons (Fsp3) is 0.346. The highest BCUT2D eigenvalue weighted by atomic mass is 19.4. The average Bonchev–Trinajstić information content (AvgIpc) is 3.22. The second kappa shape index (κ2) is 8.87. The molecule has 0 saturated heterocycles. The lowest BCUT2D eigenvalue weighted by Crippen LogP contribution is -2.43. The van der Waals surface area contributed by atoms with E-state index in [4.69, 9.17) is 0 Å².